The van der Waals surface area contributed by atoms with E-state index in [2.05, 4.69) is 29.9 Å². The molecule has 3 aliphatic rings. The van der Waals surface area contributed by atoms with Crippen molar-refractivity contribution in [3.63, 3.8) is 0 Å². The van der Waals surface area contributed by atoms with Gasteiger partial charge in [-0.1, -0.05) is 0 Å². The molecule has 3 saturated heterocycles. The molecule has 7 rings (SSSR count). The van der Waals surface area contributed by atoms with Gasteiger partial charge in [0.2, 0.25) is 0 Å². The molecule has 0 radical (unpaired) electrons. The molecule has 4 aromatic rings. The number of nitrogens with zero attached hydrogens (tertiary/aromatic N) is 7. The number of aromatic amines is 1. The van der Waals surface area contributed by atoms with Crippen LogP contribution in [-0.4, -0.2) is 104 Å². The first-order valence-corrected chi connectivity index (χ1v) is 18.3. The second kappa shape index (κ2) is 11.4. The highest BCUT2D eigenvalue weighted by molar-refractivity contribution is 8.32. The van der Waals surface area contributed by atoms with Gasteiger partial charge in [0.25, 0.3) is 5.56 Å². The van der Waals surface area contributed by atoms with Crippen molar-refractivity contribution in [1.82, 2.24) is 39.0 Å². The summed E-state index contributed by atoms with van der Waals surface area (Å²) in [5.41, 5.74) is 5.93. The van der Waals surface area contributed by atoms with E-state index in [1.165, 1.54) is 28.1 Å². The number of imidazole rings is 2. The number of hydrogen-bond acceptors (Lipinski definition) is 18. The Labute approximate surface area is 261 Å². The van der Waals surface area contributed by atoms with Crippen LogP contribution in [0.4, 0.5) is 5.82 Å². The maximum absolute atomic E-state index is 13.4. The lowest BCUT2D eigenvalue weighted by Crippen LogP contribution is -2.39. The van der Waals surface area contributed by atoms with Gasteiger partial charge in [-0.25, -0.2) is 24.9 Å². The number of aryl methyl sites for hydroxylation is 1. The third-order valence-corrected chi connectivity index (χ3v) is 10.5. The molecule has 24 heteroatoms. The van der Waals surface area contributed by atoms with Crippen molar-refractivity contribution in [3.05, 3.63) is 35.2 Å². The SMILES string of the molecule is Cc1nc2c(ncn2[C@@H]2O[C@@H]3COP(O)(=S)O[C@H]4[C@@H](O)[C@H](n5cnc6c(N)ncnc65)O[C@@H]4COP(=O)([S-])O[C@H]3[C@H]2O)c(=O)[nH]1. The minimum atomic E-state index is -4.40. The smallest absolute Gasteiger partial charge is 0.325 e. The molecule has 0 spiro atoms. The molecule has 45 heavy (non-hydrogen) atoms. The fourth-order valence-electron chi connectivity index (χ4n) is 5.40. The van der Waals surface area contributed by atoms with E-state index in [9.17, 15) is 24.5 Å². The topological polar surface area (TPSA) is 266 Å². The maximum atomic E-state index is 13.4. The molecule has 3 fully saturated rings. The van der Waals surface area contributed by atoms with Gasteiger partial charge in [-0.15, -0.1) is 0 Å². The van der Waals surface area contributed by atoms with Crippen molar-refractivity contribution >= 4 is 65.7 Å². The fourth-order valence-corrected chi connectivity index (χ4v) is 8.28. The van der Waals surface area contributed by atoms with Gasteiger partial charge in [0.15, 0.2) is 41.9 Å². The summed E-state index contributed by atoms with van der Waals surface area (Å²) in [6.07, 6.45) is -7.04. The molecule has 0 aromatic carbocycles. The Balaban J connectivity index is 1.17. The van der Waals surface area contributed by atoms with Gasteiger partial charge in [0.1, 0.15) is 54.3 Å². The minimum absolute atomic E-state index is 0.0148. The predicted octanol–water partition coefficient (Wildman–Crippen LogP) is -0.944. The van der Waals surface area contributed by atoms with E-state index < -0.39 is 81.4 Å². The molecule has 4 aromatic heterocycles. The Bertz CT molecular complexity index is 1940. The number of rotatable bonds is 2. The molecule has 3 aliphatic heterocycles. The second-order valence-electron chi connectivity index (χ2n) is 10.3. The van der Waals surface area contributed by atoms with Crippen molar-refractivity contribution in [1.29, 1.82) is 0 Å². The Kier molecular flexibility index (Phi) is 7.88. The Morgan fingerprint density at radius 2 is 1.58 bits per heavy atom. The first-order valence-electron chi connectivity index (χ1n) is 13.1. The summed E-state index contributed by atoms with van der Waals surface area (Å²) < 4.78 is 50.3. The molecule has 0 saturated carbocycles. The first-order chi connectivity index (χ1) is 21.3. The molecule has 0 amide bonds. The van der Waals surface area contributed by atoms with Crippen LogP contribution in [0.1, 0.15) is 18.3 Å². The standard InChI is InChI=1S/C21H25N9O11P2S2/c1-7-27-18-11(19(33)28-7)26-6-30(18)21-13(32)15-9(39-21)3-37-42(34,44)40-14-8(2-36-43(35,45)41-15)38-20(12(14)31)29-5-25-10-16(22)23-4-24-17(10)29/h4-6,8-9,12-15,20-21,31-32H,2-3H2,1H3,(H,34,44)(H,35,45)(H2,22,23,24)(H,27,28,33)/p-1/t8-,9-,12-,13-,14-,15-,20-,21-,42?,43?/m1/s1. The van der Waals surface area contributed by atoms with Gasteiger partial charge in [-0.3, -0.25) is 23.0 Å². The van der Waals surface area contributed by atoms with Gasteiger partial charge < -0.3 is 61.1 Å². The highest BCUT2D eigenvalue weighted by Gasteiger charge is 2.52. The summed E-state index contributed by atoms with van der Waals surface area (Å²) in [6.45, 7) is -8.10. The van der Waals surface area contributed by atoms with E-state index in [1.54, 1.807) is 6.92 Å². The van der Waals surface area contributed by atoms with Crippen LogP contribution in [0.25, 0.3) is 22.3 Å². The molecule has 0 bridgehead atoms. The van der Waals surface area contributed by atoms with Gasteiger partial charge >= 0.3 is 6.72 Å². The van der Waals surface area contributed by atoms with Crippen LogP contribution in [0.2, 0.25) is 0 Å². The molecule has 2 unspecified atom stereocenters. The van der Waals surface area contributed by atoms with Crippen molar-refractivity contribution in [2.45, 2.75) is 56.0 Å². The zero-order valence-electron chi connectivity index (χ0n) is 22.8. The van der Waals surface area contributed by atoms with Crippen LogP contribution in [0.15, 0.2) is 23.8 Å². The monoisotopic (exact) mass is 704 g/mol. The molecule has 242 valence electrons. The number of nitrogen functional groups attached to an aromatic ring is 1. The minimum Gasteiger partial charge on any atom is -0.660 e. The zero-order valence-corrected chi connectivity index (χ0v) is 26.2. The molecule has 6 N–H and O–H groups in total. The van der Waals surface area contributed by atoms with Crippen LogP contribution < -0.4 is 11.3 Å². The number of nitrogens with two attached hydrogens (primary N) is 1. The number of H-pyrrole nitrogens is 1. The number of aromatic nitrogens is 8. The molecule has 10 atom stereocenters. The number of ether oxygens (including phenoxy) is 2. The first kappa shape index (κ1) is 31.2. The zero-order chi connectivity index (χ0) is 31.8. The van der Waals surface area contributed by atoms with Crippen LogP contribution in [0.5, 0.6) is 0 Å². The Hall–Kier alpha value is -2.43. The average molecular weight is 705 g/mol. The van der Waals surface area contributed by atoms with Crippen LogP contribution in [0.3, 0.4) is 0 Å². The summed E-state index contributed by atoms with van der Waals surface area (Å²) >= 11 is 10.4. The summed E-state index contributed by atoms with van der Waals surface area (Å²) in [7, 11) is 0. The fraction of sp³-hybridized carbons (Fsp3) is 0.524. The van der Waals surface area contributed by atoms with Crippen molar-refractivity contribution in [3.8, 4) is 0 Å². The molecule has 20 nitrogen and oxygen atoms in total. The van der Waals surface area contributed by atoms with Crippen molar-refractivity contribution in [2.24, 2.45) is 0 Å². The number of anilines is 1. The lowest BCUT2D eigenvalue weighted by atomic mass is 10.1. The van der Waals surface area contributed by atoms with Gasteiger partial charge in [-0.05, 0) is 18.7 Å². The lowest BCUT2D eigenvalue weighted by molar-refractivity contribution is -0.0577. The third kappa shape index (κ3) is 5.63. The molecule has 7 heterocycles. The van der Waals surface area contributed by atoms with E-state index >= 15 is 0 Å². The van der Waals surface area contributed by atoms with E-state index in [-0.39, 0.29) is 34.0 Å². The van der Waals surface area contributed by atoms with Crippen molar-refractivity contribution in [2.75, 3.05) is 18.9 Å². The number of aliphatic hydroxyl groups excluding tert-OH is 2. The normalized spacial score (nSPS) is 37.7. The molecular formula is C21H24N9O11P2S2-. The summed E-state index contributed by atoms with van der Waals surface area (Å²) in [5.74, 6) is 0.379. The van der Waals surface area contributed by atoms with Crippen LogP contribution in [-0.2, 0) is 56.2 Å². The van der Waals surface area contributed by atoms with Gasteiger partial charge in [-0.2, -0.15) is 0 Å². The van der Waals surface area contributed by atoms with E-state index in [4.69, 9.17) is 57.4 Å². The predicted molar refractivity (Wildman–Crippen MR) is 156 cm³/mol. The highest BCUT2D eigenvalue weighted by atomic mass is 32.7. The molecular weight excluding hydrogens is 680 g/mol. The summed E-state index contributed by atoms with van der Waals surface area (Å²) in [6, 6.07) is 0. The maximum Gasteiger partial charge on any atom is 0.325 e. The number of aliphatic hydroxyl groups is 2. The van der Waals surface area contributed by atoms with Crippen LogP contribution in [0, 0.1) is 6.92 Å². The molecule has 0 aliphatic carbocycles. The number of hydrogen-bond donors (Lipinski definition) is 5. The summed E-state index contributed by atoms with van der Waals surface area (Å²) in [4.78, 5) is 46.4. The van der Waals surface area contributed by atoms with Gasteiger partial charge in [0.05, 0.1) is 25.9 Å². The highest BCUT2D eigenvalue weighted by Crippen LogP contribution is 2.54. The van der Waals surface area contributed by atoms with Crippen molar-refractivity contribution < 1.29 is 47.2 Å². The van der Waals surface area contributed by atoms with E-state index in [1.807, 2.05) is 0 Å². The average Bonchev–Trinajstić information content (AvgIpc) is 3.72. The summed E-state index contributed by atoms with van der Waals surface area (Å²) in [5, 5.41) is 22.5. The second-order valence-corrected chi connectivity index (χ2v) is 15.8. The quantitative estimate of drug-likeness (QED) is 0.124. The lowest BCUT2D eigenvalue weighted by Gasteiger charge is -2.33. The Morgan fingerprint density at radius 1 is 0.978 bits per heavy atom. The largest absolute Gasteiger partial charge is 0.660 e. The Morgan fingerprint density at radius 3 is 2.27 bits per heavy atom. The van der Waals surface area contributed by atoms with E-state index in [0.29, 0.717) is 0 Å². The third-order valence-electron chi connectivity index (χ3n) is 7.41. The van der Waals surface area contributed by atoms with Crippen LogP contribution >= 0.6 is 13.5 Å². The number of nitrogens with one attached hydrogen (secondary N) is 1. The van der Waals surface area contributed by atoms with E-state index in [0.717, 1.165) is 0 Å². The van der Waals surface area contributed by atoms with Gasteiger partial charge in [0, 0.05) is 0 Å². The number of fused-ring (bicyclic) bond motifs is 4.